The quantitative estimate of drug-likeness (QED) is 0.0269. The minimum Gasteiger partial charge on any atom is -0.493 e. The Balaban J connectivity index is 0.928. The number of unbranched alkanes of at least 4 members (excludes halogenated alkanes) is 3. The maximum absolute atomic E-state index is 14.4. The first-order chi connectivity index (χ1) is 35.0. The van der Waals surface area contributed by atoms with Crippen molar-refractivity contribution in [3.05, 3.63) is 89.5 Å². The summed E-state index contributed by atoms with van der Waals surface area (Å²) < 4.78 is 23.3. The van der Waals surface area contributed by atoms with Gasteiger partial charge in [-0.05, 0) is 105 Å². The molecule has 6 amide bonds. The van der Waals surface area contributed by atoms with Crippen molar-refractivity contribution in [2.75, 3.05) is 52.8 Å². The first-order valence-electron chi connectivity index (χ1n) is 26.0. The highest BCUT2D eigenvalue weighted by molar-refractivity contribution is 8.00. The molecule has 6 rings (SSSR count). The molecule has 392 valence electrons. The van der Waals surface area contributed by atoms with Crippen molar-refractivity contribution in [1.82, 2.24) is 31.5 Å². The van der Waals surface area contributed by atoms with Crippen molar-refractivity contribution >= 4 is 47.4 Å². The number of fused-ring (bicyclic) bond motifs is 1. The third-order valence-corrected chi connectivity index (χ3v) is 15.5. The number of rotatable bonds is 29. The second-order valence-corrected chi connectivity index (χ2v) is 20.3. The van der Waals surface area contributed by atoms with Gasteiger partial charge in [-0.15, -0.1) is 0 Å². The summed E-state index contributed by atoms with van der Waals surface area (Å²) in [6.07, 6.45) is 9.02. The van der Waals surface area contributed by atoms with Crippen LogP contribution in [-0.2, 0) is 35.1 Å². The molecule has 3 aliphatic heterocycles. The predicted molar refractivity (Wildman–Crippen MR) is 278 cm³/mol. The molecule has 3 aliphatic rings. The average Bonchev–Trinajstić information content (AvgIpc) is 3.96. The largest absolute Gasteiger partial charge is 0.493 e. The number of thioether (sulfide) groups is 1. The number of carbonyl (C=O) groups is 6. The van der Waals surface area contributed by atoms with E-state index in [2.05, 4.69) is 40.4 Å². The molecule has 7 atom stereocenters. The van der Waals surface area contributed by atoms with Crippen molar-refractivity contribution < 1.29 is 47.7 Å². The Morgan fingerprint density at radius 2 is 1.50 bits per heavy atom. The molecule has 16 nitrogen and oxygen atoms in total. The minimum absolute atomic E-state index is 0.0407. The van der Waals surface area contributed by atoms with Crippen LogP contribution in [0.3, 0.4) is 0 Å². The van der Waals surface area contributed by atoms with Crippen molar-refractivity contribution in [3.63, 3.8) is 0 Å². The zero-order valence-corrected chi connectivity index (χ0v) is 43.4. The van der Waals surface area contributed by atoms with Crippen LogP contribution in [0.4, 0.5) is 4.79 Å². The second-order valence-electron chi connectivity index (χ2n) is 19.1. The highest BCUT2D eigenvalue weighted by Gasteiger charge is 2.43. The zero-order valence-electron chi connectivity index (χ0n) is 42.5. The first kappa shape index (κ1) is 55.3. The number of ether oxygens (including phenoxy) is 4. The summed E-state index contributed by atoms with van der Waals surface area (Å²) in [4.78, 5) is 79.7. The molecule has 3 heterocycles. The van der Waals surface area contributed by atoms with Crippen LogP contribution in [0.2, 0.25) is 0 Å². The number of nitrogens with one attached hydrogen (secondary N) is 5. The Hall–Kier alpha value is -5.97. The molecule has 0 bridgehead atoms. The maximum Gasteiger partial charge on any atom is 0.329 e. The third-order valence-electron chi connectivity index (χ3n) is 13.9. The van der Waals surface area contributed by atoms with Gasteiger partial charge >= 0.3 is 12.0 Å². The molecule has 3 fully saturated rings. The summed E-state index contributed by atoms with van der Waals surface area (Å²) in [5, 5.41) is 15.0. The van der Waals surface area contributed by atoms with Gasteiger partial charge in [-0.1, -0.05) is 81.6 Å². The second kappa shape index (κ2) is 28.9. The molecule has 0 radical (unpaired) electrons. The number of aryl methyl sites for hydroxylation is 1. The number of nitrogens with zero attached hydrogens (tertiary/aromatic N) is 1. The predicted octanol–water partition coefficient (Wildman–Crippen LogP) is 7.15. The van der Waals surface area contributed by atoms with E-state index in [0.29, 0.717) is 79.7 Å². The maximum atomic E-state index is 14.4. The molecule has 0 aromatic heterocycles. The minimum atomic E-state index is -0.733. The summed E-state index contributed by atoms with van der Waals surface area (Å²) in [5.41, 5.74) is 2.58. The number of benzene rings is 3. The number of esters is 1. The third kappa shape index (κ3) is 16.5. The van der Waals surface area contributed by atoms with Crippen LogP contribution < -0.4 is 40.8 Å². The lowest BCUT2D eigenvalue weighted by Gasteiger charge is -2.38. The Morgan fingerprint density at radius 1 is 0.778 bits per heavy atom. The Kier molecular flexibility index (Phi) is 22.2. The van der Waals surface area contributed by atoms with Gasteiger partial charge in [0, 0.05) is 50.0 Å². The molecule has 72 heavy (non-hydrogen) atoms. The summed E-state index contributed by atoms with van der Waals surface area (Å²) in [6, 6.07) is 22.3. The van der Waals surface area contributed by atoms with E-state index in [1.54, 1.807) is 37.3 Å². The number of hydrogen-bond donors (Lipinski definition) is 5. The molecule has 2 unspecified atom stereocenters. The highest BCUT2D eigenvalue weighted by atomic mass is 32.2. The van der Waals surface area contributed by atoms with E-state index in [-0.39, 0.29) is 73.3 Å². The van der Waals surface area contributed by atoms with Crippen LogP contribution in [0.15, 0.2) is 72.8 Å². The Bertz CT molecular complexity index is 2250. The summed E-state index contributed by atoms with van der Waals surface area (Å²) in [6.45, 7) is 5.45. The van der Waals surface area contributed by atoms with E-state index in [1.807, 2.05) is 66.4 Å². The lowest BCUT2D eigenvalue weighted by Crippen LogP contribution is -2.51. The molecular formula is C55H76N6O10S. The van der Waals surface area contributed by atoms with Gasteiger partial charge in [0.2, 0.25) is 17.7 Å². The van der Waals surface area contributed by atoms with Gasteiger partial charge in [0.05, 0.1) is 32.2 Å². The van der Waals surface area contributed by atoms with Gasteiger partial charge < -0.3 is 50.4 Å². The van der Waals surface area contributed by atoms with Crippen LogP contribution in [0.5, 0.6) is 17.2 Å². The lowest BCUT2D eigenvalue weighted by molar-refractivity contribution is -0.163. The smallest absolute Gasteiger partial charge is 0.329 e. The van der Waals surface area contributed by atoms with Crippen LogP contribution >= 0.6 is 11.8 Å². The van der Waals surface area contributed by atoms with Crippen molar-refractivity contribution in [1.29, 1.82) is 0 Å². The molecule has 0 aliphatic carbocycles. The molecule has 5 N–H and O–H groups in total. The summed E-state index contributed by atoms with van der Waals surface area (Å²) in [5.74, 6) is 1.30. The number of piperidine rings is 1. The average molecular weight is 1010 g/mol. The molecule has 3 aromatic carbocycles. The number of amides is 6. The van der Waals surface area contributed by atoms with Gasteiger partial charge in [0.15, 0.2) is 18.1 Å². The van der Waals surface area contributed by atoms with Gasteiger partial charge in [-0.3, -0.25) is 19.2 Å². The van der Waals surface area contributed by atoms with E-state index in [0.717, 1.165) is 68.2 Å². The molecular weight excluding hydrogens is 937 g/mol. The van der Waals surface area contributed by atoms with Gasteiger partial charge in [0.1, 0.15) is 17.9 Å². The first-order valence-corrected chi connectivity index (χ1v) is 27.0. The fourth-order valence-electron chi connectivity index (χ4n) is 9.75. The number of methoxy groups -OCH3 is 2. The summed E-state index contributed by atoms with van der Waals surface area (Å²) >= 11 is 1.89. The monoisotopic (exact) mass is 1010 g/mol. The van der Waals surface area contributed by atoms with Gasteiger partial charge in [-0.25, -0.2) is 9.59 Å². The molecule has 0 spiro atoms. The van der Waals surface area contributed by atoms with Gasteiger partial charge in [0.25, 0.3) is 5.91 Å². The highest BCUT2D eigenvalue weighted by Crippen LogP contribution is 2.36. The van der Waals surface area contributed by atoms with Crippen LogP contribution in [0.1, 0.15) is 126 Å². The number of urea groups is 1. The fraction of sp³-hybridized carbons (Fsp3) is 0.564. The van der Waals surface area contributed by atoms with Crippen LogP contribution in [0, 0.1) is 5.92 Å². The lowest BCUT2D eigenvalue weighted by atomic mass is 9.83. The molecule has 17 heteroatoms. The SMILES string of the molecule is CCC(C)C(C(=O)N1CCCC[C@H]1C(=O)O[C@H](CCc1ccc(OC)c(OC)c1)c1cccc(OCC(=O)NCCNC(=O)CCCCCNC(=O)CCCC[C@@H]2SC[C@@H]3NC(=O)N[C@@H]32)c1)c1ccccc1. The van der Waals surface area contributed by atoms with E-state index >= 15 is 0 Å². The number of carbonyl (C=O) groups excluding carboxylic acids is 6. The fourth-order valence-corrected chi connectivity index (χ4v) is 11.3. The number of likely N-dealkylation sites (tertiary alicyclic amines) is 1. The number of hydrogen-bond acceptors (Lipinski definition) is 11. The van der Waals surface area contributed by atoms with E-state index in [9.17, 15) is 28.8 Å². The van der Waals surface area contributed by atoms with E-state index in [1.165, 1.54) is 0 Å². The van der Waals surface area contributed by atoms with Crippen molar-refractivity contribution in [2.45, 2.75) is 139 Å². The molecule has 3 saturated heterocycles. The molecule has 3 aromatic rings. The van der Waals surface area contributed by atoms with Crippen molar-refractivity contribution in [3.8, 4) is 17.2 Å². The molecule has 0 saturated carbocycles. The summed E-state index contributed by atoms with van der Waals surface area (Å²) in [7, 11) is 3.17. The van der Waals surface area contributed by atoms with E-state index < -0.39 is 18.1 Å². The van der Waals surface area contributed by atoms with Gasteiger partial charge in [-0.2, -0.15) is 11.8 Å². The Morgan fingerprint density at radius 3 is 2.25 bits per heavy atom. The zero-order chi connectivity index (χ0) is 51.2. The van der Waals surface area contributed by atoms with Crippen molar-refractivity contribution in [2.24, 2.45) is 5.92 Å². The Labute approximate surface area is 429 Å². The standard InChI is InChI=1S/C55H76N6O10S/c1-5-37(2)51(39-17-8-6-9-18-39)53(65)61-32-15-13-21-43(61)54(66)71-44(27-25-38-26-28-45(68-3)46(33-38)69-4)40-19-16-20-41(34-40)70-35-50(64)58-31-30-57-49(63)23-10-7-14-29-56-48(62)24-12-11-22-47-52-42(36-72-47)59-55(67)60-52/h6,8-9,16-20,26,28,33-34,37,42-44,47,51-52H,5,7,10-15,21-25,27,29-32,35-36H2,1-4H3,(H,56,62)(H,57,63)(H,58,64)(H2,59,60,67)/t37?,42-,43-,44+,47-,51?,52-/m0/s1. The topological polar surface area (TPSA) is 203 Å². The van der Waals surface area contributed by atoms with Crippen LogP contribution in [-0.4, -0.2) is 117 Å². The van der Waals surface area contributed by atoms with E-state index in [4.69, 9.17) is 18.9 Å². The normalized spacial score (nSPS) is 19.4. The van der Waals surface area contributed by atoms with Crippen LogP contribution in [0.25, 0.3) is 0 Å².